The molecule has 1 unspecified atom stereocenters. The number of hydrogen-bond donors (Lipinski definition) is 0. The van der Waals surface area contributed by atoms with E-state index in [1.165, 1.54) is 0 Å². The third-order valence-corrected chi connectivity index (χ3v) is 6.15. The smallest absolute Gasteiger partial charge is 0.153 e. The van der Waals surface area contributed by atoms with Crippen LogP contribution < -0.4 is 18.9 Å². The van der Waals surface area contributed by atoms with E-state index in [1.807, 2.05) is 67.6 Å². The fourth-order valence-electron chi connectivity index (χ4n) is 3.17. The van der Waals surface area contributed by atoms with Crippen LogP contribution >= 0.6 is 27.3 Å². The van der Waals surface area contributed by atoms with E-state index in [-0.39, 0.29) is 0 Å². The summed E-state index contributed by atoms with van der Waals surface area (Å²) in [5.74, 6) is 4.00. The van der Waals surface area contributed by atoms with E-state index in [2.05, 4.69) is 22.0 Å². The van der Waals surface area contributed by atoms with Crippen molar-refractivity contribution in [2.24, 2.45) is 0 Å². The van der Waals surface area contributed by atoms with E-state index >= 15 is 0 Å². The van der Waals surface area contributed by atoms with Gasteiger partial charge in [-0.2, -0.15) is 0 Å². The number of rotatable bonds is 8. The van der Waals surface area contributed by atoms with Crippen LogP contribution in [-0.2, 0) is 0 Å². The van der Waals surface area contributed by atoms with Gasteiger partial charge in [-0.15, -0.1) is 11.3 Å². The molecule has 0 aliphatic rings. The summed E-state index contributed by atoms with van der Waals surface area (Å²) < 4.78 is 24.1. The third kappa shape index (κ3) is 4.97. The van der Waals surface area contributed by atoms with Gasteiger partial charge in [-0.05, 0) is 67.1 Å². The Morgan fingerprint density at radius 3 is 2.23 bits per heavy atom. The summed E-state index contributed by atoms with van der Waals surface area (Å²) in [7, 11) is 3.35. The topological polar surface area (TPSA) is 36.9 Å². The van der Waals surface area contributed by atoms with Gasteiger partial charge in [-0.3, -0.25) is 0 Å². The molecule has 0 amide bonds. The van der Waals surface area contributed by atoms with Gasteiger partial charge >= 0.3 is 0 Å². The second-order valence-electron chi connectivity index (χ2n) is 7.02. The number of alkyl halides is 1. The van der Waals surface area contributed by atoms with Crippen molar-refractivity contribution in [3.8, 4) is 39.2 Å². The maximum Gasteiger partial charge on any atom is 0.153 e. The highest BCUT2D eigenvalue weighted by Crippen LogP contribution is 2.47. The average molecular weight is 499 g/mol. The number of halogens is 1. The van der Waals surface area contributed by atoms with E-state index in [9.17, 15) is 0 Å². The third-order valence-electron chi connectivity index (χ3n) is 4.71. The highest BCUT2D eigenvalue weighted by atomic mass is 79.9. The predicted molar refractivity (Wildman–Crippen MR) is 131 cm³/mol. The minimum absolute atomic E-state index is 0.294. The van der Waals surface area contributed by atoms with Gasteiger partial charge in [0, 0.05) is 14.9 Å². The maximum atomic E-state index is 6.41. The van der Waals surface area contributed by atoms with Crippen molar-refractivity contribution >= 4 is 37.4 Å². The summed E-state index contributed by atoms with van der Waals surface area (Å²) >= 11 is 5.16. The summed E-state index contributed by atoms with van der Waals surface area (Å²) in [6.45, 7) is 2.66. The Balaban J connectivity index is 1.73. The van der Waals surface area contributed by atoms with Crippen LogP contribution in [0.2, 0.25) is 0 Å². The molecule has 3 aromatic carbocycles. The number of hydrogen-bond acceptors (Lipinski definition) is 5. The summed E-state index contributed by atoms with van der Waals surface area (Å²) in [6, 6.07) is 21.7. The van der Waals surface area contributed by atoms with Crippen molar-refractivity contribution in [2.75, 3.05) is 20.8 Å². The van der Waals surface area contributed by atoms with Crippen molar-refractivity contribution in [1.29, 1.82) is 0 Å². The molecule has 0 bridgehead atoms. The predicted octanol–water partition coefficient (Wildman–Crippen LogP) is 7.54. The molecular formula is C25H23BrO4S. The fourth-order valence-corrected chi connectivity index (χ4v) is 4.46. The van der Waals surface area contributed by atoms with E-state index in [0.717, 1.165) is 49.3 Å². The van der Waals surface area contributed by atoms with Crippen LogP contribution in [0.25, 0.3) is 20.5 Å². The monoisotopic (exact) mass is 498 g/mol. The maximum absolute atomic E-state index is 6.41. The lowest BCUT2D eigenvalue weighted by Gasteiger charge is -2.11. The van der Waals surface area contributed by atoms with E-state index in [4.69, 9.17) is 18.9 Å². The molecule has 4 nitrogen and oxygen atoms in total. The molecule has 1 atom stereocenters. The minimum atomic E-state index is 0.294. The Morgan fingerprint density at radius 2 is 1.52 bits per heavy atom. The van der Waals surface area contributed by atoms with Crippen LogP contribution in [0.1, 0.15) is 6.92 Å². The van der Waals surface area contributed by atoms with Gasteiger partial charge in [-0.25, -0.2) is 0 Å². The van der Waals surface area contributed by atoms with E-state index < -0.39 is 0 Å². The highest BCUT2D eigenvalue weighted by Gasteiger charge is 2.17. The number of thiophene rings is 1. The second kappa shape index (κ2) is 9.62. The Hall–Kier alpha value is -2.70. The molecular weight excluding hydrogens is 476 g/mol. The summed E-state index contributed by atoms with van der Waals surface area (Å²) in [6.07, 6.45) is 0. The van der Waals surface area contributed by atoms with Crippen LogP contribution in [0.5, 0.6) is 28.7 Å². The minimum Gasteiger partial charge on any atom is -0.497 e. The van der Waals surface area contributed by atoms with Gasteiger partial charge in [-0.1, -0.05) is 28.1 Å². The molecule has 31 heavy (non-hydrogen) atoms. The normalized spacial score (nSPS) is 11.9. The van der Waals surface area contributed by atoms with Crippen molar-refractivity contribution in [2.45, 2.75) is 11.8 Å². The van der Waals surface area contributed by atoms with Crippen LogP contribution in [-0.4, -0.2) is 25.7 Å². The zero-order chi connectivity index (χ0) is 21.8. The lowest BCUT2D eigenvalue weighted by Crippen LogP contribution is -2.06. The Kier molecular flexibility index (Phi) is 6.68. The van der Waals surface area contributed by atoms with Crippen molar-refractivity contribution in [3.05, 3.63) is 66.7 Å². The molecule has 0 aliphatic carbocycles. The Bertz CT molecular complexity index is 1170. The number of methoxy groups -OCH3 is 2. The quantitative estimate of drug-likeness (QED) is 0.235. The van der Waals surface area contributed by atoms with Gasteiger partial charge in [0.2, 0.25) is 0 Å². The average Bonchev–Trinajstić information content (AvgIpc) is 3.16. The molecule has 1 heterocycles. The van der Waals surface area contributed by atoms with Crippen molar-refractivity contribution in [1.82, 2.24) is 0 Å². The zero-order valence-corrected chi connectivity index (χ0v) is 20.0. The largest absolute Gasteiger partial charge is 0.497 e. The Labute approximate surface area is 194 Å². The molecule has 0 spiro atoms. The van der Waals surface area contributed by atoms with Crippen LogP contribution in [0.4, 0.5) is 0 Å². The van der Waals surface area contributed by atoms with Gasteiger partial charge in [0.15, 0.2) is 5.75 Å². The van der Waals surface area contributed by atoms with Gasteiger partial charge in [0.1, 0.15) is 29.6 Å². The molecule has 0 radical (unpaired) electrons. The molecule has 0 aliphatic heterocycles. The molecule has 0 fully saturated rings. The van der Waals surface area contributed by atoms with E-state index in [0.29, 0.717) is 11.4 Å². The SMILES string of the molecule is COc1cccc(-c2sc3cc(OC)ccc3c2Oc2ccc(OCC(C)Br)cc2)c1. The van der Waals surface area contributed by atoms with Gasteiger partial charge < -0.3 is 18.9 Å². The zero-order valence-electron chi connectivity index (χ0n) is 17.6. The summed E-state index contributed by atoms with van der Waals surface area (Å²) in [5.41, 5.74) is 1.04. The van der Waals surface area contributed by atoms with Crippen LogP contribution in [0.15, 0.2) is 66.7 Å². The summed E-state index contributed by atoms with van der Waals surface area (Å²) in [4.78, 5) is 1.33. The first-order valence-electron chi connectivity index (χ1n) is 9.87. The van der Waals surface area contributed by atoms with Crippen LogP contribution in [0.3, 0.4) is 0 Å². The number of fused-ring (bicyclic) bond motifs is 1. The first-order valence-corrected chi connectivity index (χ1v) is 11.6. The molecule has 0 saturated heterocycles. The molecule has 160 valence electrons. The van der Waals surface area contributed by atoms with Crippen molar-refractivity contribution < 1.29 is 18.9 Å². The lowest BCUT2D eigenvalue weighted by molar-refractivity contribution is 0.323. The highest BCUT2D eigenvalue weighted by molar-refractivity contribution is 9.09. The molecule has 1 aromatic heterocycles. The lowest BCUT2D eigenvalue weighted by atomic mass is 10.1. The van der Waals surface area contributed by atoms with Gasteiger partial charge in [0.05, 0.1) is 19.1 Å². The molecule has 6 heteroatoms. The summed E-state index contributed by atoms with van der Waals surface area (Å²) in [5, 5.41) is 1.04. The molecule has 0 saturated carbocycles. The molecule has 0 N–H and O–H groups in total. The first kappa shape index (κ1) is 21.5. The second-order valence-corrected chi connectivity index (χ2v) is 9.63. The first-order chi connectivity index (χ1) is 15.1. The fraction of sp³-hybridized carbons (Fsp3) is 0.200. The number of benzene rings is 3. The molecule has 4 rings (SSSR count). The standard InChI is InChI=1S/C25H23BrO4S/c1-16(26)15-29-18-7-9-19(10-8-18)30-24-22-12-11-21(28-3)14-23(22)31-25(24)17-5-4-6-20(13-17)27-2/h4-14,16H,15H2,1-3H3. The van der Waals surface area contributed by atoms with Crippen molar-refractivity contribution in [3.63, 3.8) is 0 Å². The van der Waals surface area contributed by atoms with Gasteiger partial charge in [0.25, 0.3) is 0 Å². The Morgan fingerprint density at radius 1 is 0.839 bits per heavy atom. The van der Waals surface area contributed by atoms with E-state index in [1.54, 1.807) is 25.6 Å². The van der Waals surface area contributed by atoms with Crippen LogP contribution in [0, 0.1) is 0 Å². The number of ether oxygens (including phenoxy) is 4. The molecule has 4 aromatic rings.